The Morgan fingerprint density at radius 3 is 3.00 bits per heavy atom. The summed E-state index contributed by atoms with van der Waals surface area (Å²) >= 11 is 3.79. The molecule has 3 N–H and O–H groups in total. The molecule has 2 aliphatic heterocycles. The normalized spacial score (nSPS) is 24.9. The number of hydrogen-bond donors (Lipinski definition) is 3. The Morgan fingerprint density at radius 1 is 1.53 bits per heavy atom. The van der Waals surface area contributed by atoms with E-state index in [2.05, 4.69) is 15.3 Å². The number of hydrogen-bond acceptors (Lipinski definition) is 4. The van der Waals surface area contributed by atoms with Crippen molar-refractivity contribution < 1.29 is 43.9 Å². The molecule has 2 rings (SSSR count). The number of nitrogens with one attached hydrogen (secondary N) is 3. The Morgan fingerprint density at radius 2 is 2.35 bits per heavy atom. The highest BCUT2D eigenvalue weighted by molar-refractivity contribution is 8.14. The van der Waals surface area contributed by atoms with E-state index in [4.69, 9.17) is 0 Å². The second kappa shape index (κ2) is 9.66. The Labute approximate surface area is 132 Å². The molecule has 0 aromatic rings. The molecule has 0 aliphatic carbocycles. The monoisotopic (exact) mass is 404 g/mol. The van der Waals surface area contributed by atoms with Gasteiger partial charge in [-0.1, -0.05) is 0 Å². The molecule has 2 heterocycles. The molecule has 1 unspecified atom stereocenters. The third-order valence-corrected chi connectivity index (χ3v) is 4.63. The van der Waals surface area contributed by atoms with Gasteiger partial charge in [0.1, 0.15) is 13.1 Å². The molecule has 17 heavy (non-hydrogen) atoms. The van der Waals surface area contributed by atoms with E-state index in [1.54, 1.807) is 4.90 Å². The summed E-state index contributed by atoms with van der Waals surface area (Å²) in [6.45, 7) is 4.54. The molecule has 1 atom stereocenters. The summed E-state index contributed by atoms with van der Waals surface area (Å²) in [4.78, 5) is 9.20. The van der Waals surface area contributed by atoms with Gasteiger partial charge in [0.15, 0.2) is 0 Å². The molecule has 0 amide bonds. The van der Waals surface area contributed by atoms with Crippen molar-refractivity contribution in [3.05, 3.63) is 0 Å². The van der Waals surface area contributed by atoms with Crippen LogP contribution in [-0.4, -0.2) is 55.1 Å². The summed E-state index contributed by atoms with van der Waals surface area (Å²) < 4.78 is 0. The second-order valence-electron chi connectivity index (χ2n) is 3.51. The van der Waals surface area contributed by atoms with E-state index >= 15 is 0 Å². The summed E-state index contributed by atoms with van der Waals surface area (Å²) in [6.07, 6.45) is 0. The van der Waals surface area contributed by atoms with Gasteiger partial charge >= 0.3 is 5.17 Å². The van der Waals surface area contributed by atoms with Crippen molar-refractivity contribution >= 4 is 33.9 Å². The molecule has 100 valence electrons. The third kappa shape index (κ3) is 5.50. The highest BCUT2D eigenvalue weighted by atomic mass is 79.9. The van der Waals surface area contributed by atoms with E-state index in [9.17, 15) is 0 Å². The molecular weight excluding hydrogens is 388 g/mol. The average Bonchev–Trinajstić information content (AvgIpc) is 2.88. The summed E-state index contributed by atoms with van der Waals surface area (Å²) in [5.41, 5.74) is 0. The van der Waals surface area contributed by atoms with Crippen LogP contribution < -0.4 is 49.2 Å². The highest BCUT2D eigenvalue weighted by Crippen LogP contribution is 2.03. The molecule has 1 saturated heterocycles. The van der Waals surface area contributed by atoms with E-state index in [0.29, 0.717) is 0 Å². The first kappa shape index (κ1) is 17.8. The predicted molar refractivity (Wildman–Crippen MR) is 67.8 cm³/mol. The molecule has 1 fully saturated rings. The van der Waals surface area contributed by atoms with Crippen LogP contribution in [0.2, 0.25) is 0 Å². The topological polar surface area (TPSA) is 42.8 Å². The van der Waals surface area contributed by atoms with Crippen molar-refractivity contribution in [2.75, 3.05) is 44.7 Å². The van der Waals surface area contributed by atoms with Crippen molar-refractivity contribution in [3.8, 4) is 0 Å². The van der Waals surface area contributed by atoms with Crippen LogP contribution in [0.1, 0.15) is 0 Å². The number of quaternary nitrogens is 1. The smallest absolute Gasteiger partial charge is 0.304 e. The molecule has 4 nitrogen and oxygen atoms in total. The number of halogens is 2. The maximum Gasteiger partial charge on any atom is 0.304 e. The molecule has 0 spiro atoms. The van der Waals surface area contributed by atoms with Gasteiger partial charge in [0.2, 0.25) is 0 Å². The summed E-state index contributed by atoms with van der Waals surface area (Å²) in [6, 6.07) is 0. The van der Waals surface area contributed by atoms with Gasteiger partial charge in [-0.05, 0) is 23.5 Å². The zero-order valence-electron chi connectivity index (χ0n) is 9.76. The summed E-state index contributed by atoms with van der Waals surface area (Å²) in [5.74, 6) is 2.38. The number of nitrogens with zero attached hydrogens (tertiary/aromatic N) is 1. The van der Waals surface area contributed by atoms with Crippen LogP contribution >= 0.6 is 23.5 Å². The van der Waals surface area contributed by atoms with Gasteiger partial charge in [-0.15, -0.1) is 0 Å². The van der Waals surface area contributed by atoms with Crippen LogP contribution in [-0.2, 0) is 0 Å². The number of amidine groups is 2. The maximum absolute atomic E-state index is 4.31. The lowest BCUT2D eigenvalue weighted by molar-refractivity contribution is -0.792. The van der Waals surface area contributed by atoms with Crippen molar-refractivity contribution in [3.63, 3.8) is 0 Å². The lowest BCUT2D eigenvalue weighted by atomic mass is 10.6. The average molecular weight is 406 g/mol. The minimum Gasteiger partial charge on any atom is -1.00 e. The van der Waals surface area contributed by atoms with Gasteiger partial charge in [-0.3, -0.25) is 15.2 Å². The Balaban J connectivity index is 0.00000128. The fourth-order valence-electron chi connectivity index (χ4n) is 1.73. The van der Waals surface area contributed by atoms with E-state index in [1.807, 2.05) is 30.6 Å². The van der Waals surface area contributed by atoms with Gasteiger partial charge in [0.25, 0.3) is 5.17 Å². The van der Waals surface area contributed by atoms with Crippen molar-refractivity contribution in [2.24, 2.45) is 4.99 Å². The first-order valence-electron chi connectivity index (χ1n) is 5.32. The summed E-state index contributed by atoms with van der Waals surface area (Å²) in [7, 11) is 1.90. The van der Waals surface area contributed by atoms with Gasteiger partial charge in [0, 0.05) is 7.05 Å². The van der Waals surface area contributed by atoms with Gasteiger partial charge in [-0.2, -0.15) is 0 Å². The first-order chi connectivity index (χ1) is 7.40. The quantitative estimate of drug-likeness (QED) is 0.437. The van der Waals surface area contributed by atoms with Crippen LogP contribution in [0.3, 0.4) is 0 Å². The minimum absolute atomic E-state index is 0. The van der Waals surface area contributed by atoms with Gasteiger partial charge in [-0.25, -0.2) is 4.99 Å². The van der Waals surface area contributed by atoms with Crippen LogP contribution in [0.5, 0.6) is 0 Å². The maximum atomic E-state index is 4.31. The number of thioether (sulfide) groups is 2. The van der Waals surface area contributed by atoms with Crippen LogP contribution in [0, 0.1) is 0 Å². The van der Waals surface area contributed by atoms with Gasteiger partial charge in [0.05, 0.1) is 24.6 Å². The molecular formula is C9H18Br2N4S2. The van der Waals surface area contributed by atoms with Crippen molar-refractivity contribution in [2.45, 2.75) is 0 Å². The third-order valence-electron chi connectivity index (χ3n) is 2.49. The fraction of sp³-hybridized carbons (Fsp3) is 0.778. The SMILES string of the molecule is CN=C1SCC[NH+]1CCSC1=[NH+]CCN1.[Br-].[Br-]. The largest absolute Gasteiger partial charge is 1.00 e. The van der Waals surface area contributed by atoms with Crippen LogP contribution in [0.4, 0.5) is 0 Å². The lowest BCUT2D eigenvalue weighted by Gasteiger charge is -2.09. The molecule has 0 bridgehead atoms. The van der Waals surface area contributed by atoms with Gasteiger partial charge < -0.3 is 34.0 Å². The van der Waals surface area contributed by atoms with Crippen LogP contribution in [0.25, 0.3) is 0 Å². The van der Waals surface area contributed by atoms with Crippen LogP contribution in [0.15, 0.2) is 4.99 Å². The number of rotatable bonds is 3. The first-order valence-corrected chi connectivity index (χ1v) is 7.29. The fourth-order valence-corrected chi connectivity index (χ4v) is 3.77. The zero-order valence-corrected chi connectivity index (χ0v) is 14.6. The lowest BCUT2D eigenvalue weighted by Crippen LogP contribution is -3.12. The highest BCUT2D eigenvalue weighted by Gasteiger charge is 2.25. The minimum atomic E-state index is 0. The summed E-state index contributed by atoms with van der Waals surface area (Å²) in [5, 5.41) is 5.86. The number of aliphatic imine (C=N–C) groups is 1. The van der Waals surface area contributed by atoms with E-state index < -0.39 is 0 Å². The van der Waals surface area contributed by atoms with E-state index in [1.165, 1.54) is 29.2 Å². The Hall–Kier alpha value is 0.760. The van der Waals surface area contributed by atoms with E-state index in [-0.39, 0.29) is 34.0 Å². The second-order valence-corrected chi connectivity index (χ2v) is 5.70. The molecule has 0 aromatic heterocycles. The molecule has 8 heteroatoms. The van der Waals surface area contributed by atoms with Crippen molar-refractivity contribution in [1.82, 2.24) is 5.32 Å². The van der Waals surface area contributed by atoms with E-state index in [0.717, 1.165) is 18.8 Å². The molecule has 0 saturated carbocycles. The van der Waals surface area contributed by atoms with Crippen molar-refractivity contribution in [1.29, 1.82) is 0 Å². The Kier molecular flexibility index (Phi) is 10.1. The predicted octanol–water partition coefficient (Wildman–Crippen LogP) is -8.62. The zero-order chi connectivity index (χ0) is 10.5. The Bertz CT molecular complexity index is 286. The molecule has 0 radical (unpaired) electrons. The standard InChI is InChI=1S/C9H16N4S2.2BrH/c1-10-9-13(5-7-15-9)4-6-14-8-11-2-3-12-8;;/h2-7H2,1H3,(H,11,12);2*1H. The molecule has 2 aliphatic rings. The molecule has 0 aromatic carbocycles.